The Morgan fingerprint density at radius 1 is 1.21 bits per heavy atom. The van der Waals surface area contributed by atoms with Crippen molar-refractivity contribution in [1.82, 2.24) is 4.31 Å². The van der Waals surface area contributed by atoms with Gasteiger partial charge in [-0.05, 0) is 74.1 Å². The number of benzene rings is 2. The van der Waals surface area contributed by atoms with Crippen molar-refractivity contribution in [1.29, 1.82) is 0 Å². The lowest BCUT2D eigenvalue weighted by molar-refractivity contribution is 0.102. The Kier molecular flexibility index (Phi) is 6.66. The van der Waals surface area contributed by atoms with Crippen molar-refractivity contribution in [3.05, 3.63) is 59.4 Å². The van der Waals surface area contributed by atoms with Crippen LogP contribution in [-0.4, -0.2) is 43.4 Å². The van der Waals surface area contributed by atoms with Gasteiger partial charge in [0.2, 0.25) is 10.0 Å². The van der Waals surface area contributed by atoms with Crippen molar-refractivity contribution in [3.63, 3.8) is 0 Å². The van der Waals surface area contributed by atoms with Crippen molar-refractivity contribution in [2.45, 2.75) is 31.1 Å². The molecule has 0 atom stereocenters. The Hall–Kier alpha value is -2.29. The molecule has 3 rings (SSSR count). The smallest absolute Gasteiger partial charge is 0.255 e. The highest BCUT2D eigenvalue weighted by molar-refractivity contribution is 7.89. The van der Waals surface area contributed by atoms with E-state index in [0.29, 0.717) is 49.5 Å². The van der Waals surface area contributed by atoms with Gasteiger partial charge >= 0.3 is 0 Å². The van der Waals surface area contributed by atoms with E-state index in [1.807, 2.05) is 0 Å². The minimum absolute atomic E-state index is 0.0704. The first-order chi connectivity index (χ1) is 13.8. The van der Waals surface area contributed by atoms with Crippen LogP contribution in [0.15, 0.2) is 47.4 Å². The van der Waals surface area contributed by atoms with E-state index in [4.69, 9.17) is 5.11 Å². The number of sulfonamides is 1. The molecule has 0 radical (unpaired) electrons. The van der Waals surface area contributed by atoms with Gasteiger partial charge in [0.15, 0.2) is 0 Å². The lowest BCUT2D eigenvalue weighted by Gasteiger charge is -2.31. The number of hydrogen-bond donors (Lipinski definition) is 2. The topological polar surface area (TPSA) is 86.7 Å². The summed E-state index contributed by atoms with van der Waals surface area (Å²) < 4.78 is 40.8. The number of halogens is 1. The molecule has 8 heteroatoms. The van der Waals surface area contributed by atoms with Crippen LogP contribution in [0.5, 0.6) is 0 Å². The number of aryl methyl sites for hydroxylation is 1. The summed E-state index contributed by atoms with van der Waals surface area (Å²) in [5, 5.41) is 11.7. The number of hydrogen-bond acceptors (Lipinski definition) is 4. The summed E-state index contributed by atoms with van der Waals surface area (Å²) in [6.45, 7) is 2.51. The van der Waals surface area contributed by atoms with Gasteiger partial charge in [-0.25, -0.2) is 12.8 Å². The van der Waals surface area contributed by atoms with E-state index < -0.39 is 15.9 Å². The van der Waals surface area contributed by atoms with Gasteiger partial charge in [-0.2, -0.15) is 4.31 Å². The highest BCUT2D eigenvalue weighted by atomic mass is 32.2. The fourth-order valence-electron chi connectivity index (χ4n) is 3.49. The molecule has 1 heterocycles. The van der Waals surface area contributed by atoms with E-state index in [1.165, 1.54) is 46.8 Å². The molecule has 1 fully saturated rings. The van der Waals surface area contributed by atoms with Gasteiger partial charge in [-0.1, -0.05) is 6.07 Å². The lowest BCUT2D eigenvalue weighted by atomic mass is 9.95. The van der Waals surface area contributed by atoms with E-state index in [1.54, 1.807) is 6.92 Å². The first kappa shape index (κ1) is 21.4. The predicted molar refractivity (Wildman–Crippen MR) is 109 cm³/mol. The third-order valence-corrected chi connectivity index (χ3v) is 7.16. The van der Waals surface area contributed by atoms with Gasteiger partial charge < -0.3 is 10.4 Å². The molecular formula is C21H25FN2O4S. The van der Waals surface area contributed by atoms with E-state index in [2.05, 4.69) is 5.32 Å². The van der Waals surface area contributed by atoms with Crippen LogP contribution in [0, 0.1) is 18.7 Å². The number of aliphatic hydroxyl groups is 1. The zero-order valence-electron chi connectivity index (χ0n) is 16.3. The van der Waals surface area contributed by atoms with Crippen molar-refractivity contribution < 1.29 is 22.7 Å². The molecule has 1 amide bonds. The van der Waals surface area contributed by atoms with Gasteiger partial charge in [-0.3, -0.25) is 4.79 Å². The minimum Gasteiger partial charge on any atom is -0.396 e. The van der Waals surface area contributed by atoms with Crippen LogP contribution in [0.4, 0.5) is 10.1 Å². The number of nitrogens with zero attached hydrogens (tertiary/aromatic N) is 1. The molecular weight excluding hydrogens is 395 g/mol. The Morgan fingerprint density at radius 3 is 2.59 bits per heavy atom. The summed E-state index contributed by atoms with van der Waals surface area (Å²) in [5.41, 5.74) is 1.06. The first-order valence-corrected chi connectivity index (χ1v) is 11.0. The monoisotopic (exact) mass is 420 g/mol. The van der Waals surface area contributed by atoms with Crippen molar-refractivity contribution in [2.75, 3.05) is 25.0 Å². The van der Waals surface area contributed by atoms with E-state index in [-0.39, 0.29) is 22.9 Å². The number of carbonyl (C=O) groups excluding carboxylic acids is 1. The fraction of sp³-hybridized carbons (Fsp3) is 0.381. The van der Waals surface area contributed by atoms with Crippen LogP contribution in [0.1, 0.15) is 35.2 Å². The maximum atomic E-state index is 13.4. The third kappa shape index (κ3) is 5.01. The molecule has 0 aromatic heterocycles. The maximum Gasteiger partial charge on any atom is 0.255 e. The normalized spacial score (nSPS) is 16.0. The molecule has 0 spiro atoms. The number of anilines is 1. The van der Waals surface area contributed by atoms with Crippen LogP contribution < -0.4 is 5.32 Å². The predicted octanol–water partition coefficient (Wildman–Crippen LogP) is 3.17. The molecule has 29 heavy (non-hydrogen) atoms. The number of carbonyl (C=O) groups is 1. The van der Waals surface area contributed by atoms with E-state index >= 15 is 0 Å². The van der Waals surface area contributed by atoms with Gasteiger partial charge in [0.1, 0.15) is 5.82 Å². The number of rotatable bonds is 6. The molecule has 0 unspecified atom stereocenters. The average Bonchev–Trinajstić information content (AvgIpc) is 2.71. The Morgan fingerprint density at radius 2 is 1.93 bits per heavy atom. The first-order valence-electron chi connectivity index (χ1n) is 9.60. The van der Waals surface area contributed by atoms with Crippen LogP contribution in [0.25, 0.3) is 0 Å². The molecule has 1 aliphatic heterocycles. The highest BCUT2D eigenvalue weighted by Crippen LogP contribution is 2.26. The molecule has 156 valence electrons. The summed E-state index contributed by atoms with van der Waals surface area (Å²) in [7, 11) is -3.70. The summed E-state index contributed by atoms with van der Waals surface area (Å²) >= 11 is 0. The SMILES string of the molecule is Cc1cc(NC(=O)c2cccc(S(=O)(=O)N3CCC(CCO)CC3)c2)ccc1F. The molecule has 0 saturated carbocycles. The third-order valence-electron chi connectivity index (χ3n) is 5.26. The molecule has 1 aliphatic rings. The lowest BCUT2D eigenvalue weighted by Crippen LogP contribution is -2.38. The number of amides is 1. The Labute approximate surface area is 170 Å². The zero-order chi connectivity index (χ0) is 21.0. The second kappa shape index (κ2) is 9.02. The molecule has 1 saturated heterocycles. The second-order valence-corrected chi connectivity index (χ2v) is 9.24. The van der Waals surface area contributed by atoms with Crippen LogP contribution >= 0.6 is 0 Å². The standard InChI is InChI=1S/C21H25FN2O4S/c1-15-13-18(5-6-20(15)22)23-21(26)17-3-2-4-19(14-17)29(27,28)24-10-7-16(8-11-24)9-12-25/h2-6,13-14,16,25H,7-12H2,1H3,(H,23,26). The molecule has 2 aromatic carbocycles. The second-order valence-electron chi connectivity index (χ2n) is 7.31. The minimum atomic E-state index is -3.70. The number of nitrogens with one attached hydrogen (secondary N) is 1. The summed E-state index contributed by atoms with van der Waals surface area (Å²) in [4.78, 5) is 12.6. The molecule has 0 aliphatic carbocycles. The van der Waals surface area contributed by atoms with Crippen molar-refractivity contribution in [3.8, 4) is 0 Å². The van der Waals surface area contributed by atoms with Gasteiger partial charge in [0, 0.05) is 30.9 Å². The molecule has 2 aromatic rings. The number of aliphatic hydroxyl groups excluding tert-OH is 1. The molecule has 2 N–H and O–H groups in total. The van der Waals surface area contributed by atoms with E-state index in [0.717, 1.165) is 0 Å². The van der Waals surface area contributed by atoms with Gasteiger partial charge in [-0.15, -0.1) is 0 Å². The van der Waals surface area contributed by atoms with Gasteiger partial charge in [0.05, 0.1) is 4.90 Å². The van der Waals surface area contributed by atoms with Crippen LogP contribution in [-0.2, 0) is 10.0 Å². The maximum absolute atomic E-state index is 13.4. The molecule has 6 nitrogen and oxygen atoms in total. The highest BCUT2D eigenvalue weighted by Gasteiger charge is 2.29. The summed E-state index contributed by atoms with van der Waals surface area (Å²) in [5.74, 6) is -0.490. The Balaban J connectivity index is 1.74. The number of piperidine rings is 1. The average molecular weight is 421 g/mol. The van der Waals surface area contributed by atoms with Crippen molar-refractivity contribution >= 4 is 21.6 Å². The summed E-state index contributed by atoms with van der Waals surface area (Å²) in [6, 6.07) is 10.2. The van der Waals surface area contributed by atoms with E-state index in [9.17, 15) is 17.6 Å². The Bertz CT molecular complexity index is 986. The van der Waals surface area contributed by atoms with Gasteiger partial charge in [0.25, 0.3) is 5.91 Å². The largest absolute Gasteiger partial charge is 0.396 e. The zero-order valence-corrected chi connectivity index (χ0v) is 17.1. The quantitative estimate of drug-likeness (QED) is 0.752. The van der Waals surface area contributed by atoms with Crippen LogP contribution in [0.3, 0.4) is 0 Å². The van der Waals surface area contributed by atoms with Crippen LogP contribution in [0.2, 0.25) is 0 Å². The molecule has 0 bridgehead atoms. The fourth-order valence-corrected chi connectivity index (χ4v) is 5.01. The van der Waals surface area contributed by atoms with Crippen molar-refractivity contribution in [2.24, 2.45) is 5.92 Å². The summed E-state index contributed by atoms with van der Waals surface area (Å²) in [6.07, 6.45) is 2.11.